The number of benzene rings is 1. The van der Waals surface area contributed by atoms with Gasteiger partial charge in [0.05, 0.1) is 0 Å². The molecule has 0 N–H and O–H groups in total. The molecule has 1 aromatic carbocycles. The Hall–Kier alpha value is -1.77. The minimum Gasteiger partial charge on any atom is -0.479 e. The smallest absolute Gasteiger partial charge is 0.181 e. The van der Waals surface area contributed by atoms with Crippen molar-refractivity contribution in [3.63, 3.8) is 0 Å². The second-order valence-corrected chi connectivity index (χ2v) is 4.14. The van der Waals surface area contributed by atoms with Crippen LogP contribution in [-0.2, 0) is 5.60 Å². The molecule has 15 heavy (non-hydrogen) atoms. The Balaban J connectivity index is 2.32. The van der Waals surface area contributed by atoms with E-state index in [2.05, 4.69) is 4.98 Å². The fourth-order valence-corrected chi connectivity index (χ4v) is 1.94. The van der Waals surface area contributed by atoms with Crippen molar-refractivity contribution in [3.8, 4) is 17.0 Å². The van der Waals surface area contributed by atoms with Crippen molar-refractivity contribution in [2.75, 3.05) is 0 Å². The number of hydrogen-bond donors (Lipinski definition) is 0. The quantitative estimate of drug-likeness (QED) is 0.657. The standard InChI is InChI=1S/C12H11NO2/c1-12(2)11-10(13-7-14-11)8-5-3-4-6-9(8)15-12/h3-7H,1-2H3. The van der Waals surface area contributed by atoms with Gasteiger partial charge in [0.2, 0.25) is 0 Å². The minimum atomic E-state index is -0.444. The highest BCUT2D eigenvalue weighted by molar-refractivity contribution is 5.71. The third-order valence-electron chi connectivity index (χ3n) is 2.62. The van der Waals surface area contributed by atoms with E-state index in [1.165, 1.54) is 6.39 Å². The Kier molecular flexibility index (Phi) is 1.49. The molecule has 76 valence electrons. The van der Waals surface area contributed by atoms with Crippen molar-refractivity contribution in [1.29, 1.82) is 0 Å². The number of para-hydroxylation sites is 1. The summed E-state index contributed by atoms with van der Waals surface area (Å²) in [5.41, 5.74) is 1.45. The summed E-state index contributed by atoms with van der Waals surface area (Å²) < 4.78 is 11.3. The van der Waals surface area contributed by atoms with Crippen LogP contribution in [0.2, 0.25) is 0 Å². The summed E-state index contributed by atoms with van der Waals surface area (Å²) >= 11 is 0. The molecule has 1 aromatic heterocycles. The SMILES string of the molecule is CC1(C)Oc2ccccc2-c2ncoc21. The van der Waals surface area contributed by atoms with Crippen LogP contribution in [0.5, 0.6) is 5.75 Å². The topological polar surface area (TPSA) is 35.3 Å². The van der Waals surface area contributed by atoms with Crippen molar-refractivity contribution in [2.24, 2.45) is 0 Å². The Morgan fingerprint density at radius 3 is 2.87 bits per heavy atom. The van der Waals surface area contributed by atoms with Gasteiger partial charge in [-0.05, 0) is 26.0 Å². The highest BCUT2D eigenvalue weighted by atomic mass is 16.5. The van der Waals surface area contributed by atoms with E-state index in [4.69, 9.17) is 9.15 Å². The lowest BCUT2D eigenvalue weighted by atomic mass is 9.96. The van der Waals surface area contributed by atoms with Crippen LogP contribution in [0.4, 0.5) is 0 Å². The zero-order valence-electron chi connectivity index (χ0n) is 8.65. The number of fused-ring (bicyclic) bond motifs is 3. The summed E-state index contributed by atoms with van der Waals surface area (Å²) in [6, 6.07) is 7.87. The van der Waals surface area contributed by atoms with Crippen LogP contribution >= 0.6 is 0 Å². The largest absolute Gasteiger partial charge is 0.479 e. The van der Waals surface area contributed by atoms with Crippen LogP contribution < -0.4 is 4.74 Å². The number of nitrogens with zero attached hydrogens (tertiary/aromatic N) is 1. The van der Waals surface area contributed by atoms with E-state index in [9.17, 15) is 0 Å². The first kappa shape index (κ1) is 8.53. The lowest BCUT2D eigenvalue weighted by molar-refractivity contribution is 0.0794. The van der Waals surface area contributed by atoms with Gasteiger partial charge in [0.1, 0.15) is 11.4 Å². The van der Waals surface area contributed by atoms with E-state index in [-0.39, 0.29) is 0 Å². The second kappa shape index (κ2) is 2.63. The fraction of sp³-hybridized carbons (Fsp3) is 0.250. The van der Waals surface area contributed by atoms with Crippen molar-refractivity contribution in [3.05, 3.63) is 36.4 Å². The summed E-state index contributed by atoms with van der Waals surface area (Å²) in [5, 5.41) is 0. The van der Waals surface area contributed by atoms with Crippen molar-refractivity contribution >= 4 is 0 Å². The molecule has 0 saturated heterocycles. The number of rotatable bonds is 0. The van der Waals surface area contributed by atoms with E-state index in [1.54, 1.807) is 0 Å². The highest BCUT2D eigenvalue weighted by Gasteiger charge is 2.36. The zero-order chi connectivity index (χ0) is 10.5. The molecule has 3 heteroatoms. The molecule has 0 radical (unpaired) electrons. The van der Waals surface area contributed by atoms with Gasteiger partial charge in [0.25, 0.3) is 0 Å². The molecule has 0 spiro atoms. The van der Waals surface area contributed by atoms with Crippen LogP contribution in [0.25, 0.3) is 11.3 Å². The third-order valence-corrected chi connectivity index (χ3v) is 2.62. The van der Waals surface area contributed by atoms with E-state index in [1.807, 2.05) is 38.1 Å². The van der Waals surface area contributed by atoms with Gasteiger partial charge in [-0.1, -0.05) is 12.1 Å². The molecule has 2 aromatic rings. The van der Waals surface area contributed by atoms with Gasteiger partial charge in [0.15, 0.2) is 17.8 Å². The van der Waals surface area contributed by atoms with Gasteiger partial charge in [-0.15, -0.1) is 0 Å². The molecule has 2 heterocycles. The molecule has 0 amide bonds. The summed E-state index contributed by atoms with van der Waals surface area (Å²) in [4.78, 5) is 4.25. The molecule has 1 aliphatic rings. The average molecular weight is 201 g/mol. The Labute approximate surface area is 87.7 Å². The Bertz CT molecular complexity index is 514. The molecule has 3 nitrogen and oxygen atoms in total. The molecule has 1 aliphatic heterocycles. The molecule has 0 bridgehead atoms. The number of oxazole rings is 1. The summed E-state index contributed by atoms with van der Waals surface area (Å²) in [7, 11) is 0. The van der Waals surface area contributed by atoms with Crippen LogP contribution in [0.3, 0.4) is 0 Å². The van der Waals surface area contributed by atoms with E-state index >= 15 is 0 Å². The number of hydrogen-bond acceptors (Lipinski definition) is 3. The van der Waals surface area contributed by atoms with Crippen molar-refractivity contribution in [2.45, 2.75) is 19.4 Å². The predicted molar refractivity (Wildman–Crippen MR) is 55.6 cm³/mol. The lowest BCUT2D eigenvalue weighted by Gasteiger charge is -2.30. The van der Waals surface area contributed by atoms with Crippen LogP contribution in [0, 0.1) is 0 Å². The maximum Gasteiger partial charge on any atom is 0.181 e. The van der Waals surface area contributed by atoms with Gasteiger partial charge in [-0.2, -0.15) is 0 Å². The van der Waals surface area contributed by atoms with Crippen LogP contribution in [-0.4, -0.2) is 4.98 Å². The third kappa shape index (κ3) is 1.09. The highest BCUT2D eigenvalue weighted by Crippen LogP contribution is 2.43. The van der Waals surface area contributed by atoms with Gasteiger partial charge >= 0.3 is 0 Å². The maximum absolute atomic E-state index is 5.87. The van der Waals surface area contributed by atoms with Gasteiger partial charge in [0, 0.05) is 5.56 Å². The molecular formula is C12H11NO2. The van der Waals surface area contributed by atoms with Crippen molar-refractivity contribution in [1.82, 2.24) is 4.98 Å². The maximum atomic E-state index is 5.87. The minimum absolute atomic E-state index is 0.444. The molecule has 0 fully saturated rings. The Morgan fingerprint density at radius 1 is 1.20 bits per heavy atom. The van der Waals surface area contributed by atoms with Crippen LogP contribution in [0.15, 0.2) is 35.1 Å². The Morgan fingerprint density at radius 2 is 2.00 bits per heavy atom. The summed E-state index contributed by atoms with van der Waals surface area (Å²) in [6.45, 7) is 3.96. The molecular weight excluding hydrogens is 190 g/mol. The summed E-state index contributed by atoms with van der Waals surface area (Å²) in [5.74, 6) is 1.66. The molecule has 0 atom stereocenters. The first-order valence-corrected chi connectivity index (χ1v) is 4.91. The fourth-order valence-electron chi connectivity index (χ4n) is 1.94. The van der Waals surface area contributed by atoms with Gasteiger partial charge in [-0.25, -0.2) is 4.98 Å². The van der Waals surface area contributed by atoms with Crippen LogP contribution in [0.1, 0.15) is 19.6 Å². The molecule has 3 rings (SSSR count). The average Bonchev–Trinajstić information content (AvgIpc) is 2.66. The van der Waals surface area contributed by atoms with E-state index in [0.29, 0.717) is 0 Å². The van der Waals surface area contributed by atoms with E-state index < -0.39 is 5.60 Å². The first-order valence-electron chi connectivity index (χ1n) is 4.91. The predicted octanol–water partition coefficient (Wildman–Crippen LogP) is 2.97. The lowest BCUT2D eigenvalue weighted by Crippen LogP contribution is -2.28. The molecule has 0 unspecified atom stereocenters. The second-order valence-electron chi connectivity index (χ2n) is 4.14. The number of aromatic nitrogens is 1. The monoisotopic (exact) mass is 201 g/mol. The van der Waals surface area contributed by atoms with Gasteiger partial charge < -0.3 is 9.15 Å². The zero-order valence-corrected chi connectivity index (χ0v) is 8.65. The van der Waals surface area contributed by atoms with Crippen molar-refractivity contribution < 1.29 is 9.15 Å². The first-order chi connectivity index (χ1) is 7.18. The number of ether oxygens (including phenoxy) is 1. The molecule has 0 aliphatic carbocycles. The van der Waals surface area contributed by atoms with E-state index in [0.717, 1.165) is 22.8 Å². The van der Waals surface area contributed by atoms with Gasteiger partial charge in [-0.3, -0.25) is 0 Å². The summed E-state index contributed by atoms with van der Waals surface area (Å²) in [6.07, 6.45) is 1.47. The molecule has 0 saturated carbocycles. The normalized spacial score (nSPS) is 16.4.